The summed E-state index contributed by atoms with van der Waals surface area (Å²) in [5.41, 5.74) is 1.05. The van der Waals surface area contributed by atoms with Crippen molar-refractivity contribution in [1.82, 2.24) is 15.3 Å². The normalized spacial score (nSPS) is 10.1. The third-order valence-corrected chi connectivity index (χ3v) is 2.42. The van der Waals surface area contributed by atoms with E-state index in [9.17, 15) is 4.79 Å². The minimum absolute atomic E-state index is 0.124. The second-order valence-corrected chi connectivity index (χ2v) is 3.91. The van der Waals surface area contributed by atoms with Crippen LogP contribution in [0.5, 0.6) is 0 Å². The summed E-state index contributed by atoms with van der Waals surface area (Å²) >= 11 is 1.68. The zero-order valence-corrected chi connectivity index (χ0v) is 9.06. The molecular formula is C9H15N3OS. The third kappa shape index (κ3) is 4.32. The first kappa shape index (κ1) is 11.1. The van der Waals surface area contributed by atoms with Crippen molar-refractivity contribution in [2.75, 3.05) is 18.6 Å². The second kappa shape index (κ2) is 6.48. The summed E-state index contributed by atoms with van der Waals surface area (Å²) in [6.45, 7) is 0.676. The Morgan fingerprint density at radius 3 is 3.21 bits per heavy atom. The molecule has 1 aromatic rings. The number of hydrogen-bond acceptors (Lipinski definition) is 3. The fourth-order valence-electron chi connectivity index (χ4n) is 1.04. The van der Waals surface area contributed by atoms with Gasteiger partial charge < -0.3 is 10.3 Å². The first-order valence-corrected chi connectivity index (χ1v) is 5.95. The molecule has 1 heterocycles. The Morgan fingerprint density at radius 1 is 1.71 bits per heavy atom. The van der Waals surface area contributed by atoms with Gasteiger partial charge in [-0.3, -0.25) is 4.79 Å². The molecule has 1 amide bonds. The van der Waals surface area contributed by atoms with Gasteiger partial charge in [-0.1, -0.05) is 0 Å². The van der Waals surface area contributed by atoms with Crippen molar-refractivity contribution in [3.63, 3.8) is 0 Å². The highest BCUT2D eigenvalue weighted by atomic mass is 32.2. The van der Waals surface area contributed by atoms with Crippen LogP contribution >= 0.6 is 11.8 Å². The largest absolute Gasteiger partial charge is 0.356 e. The summed E-state index contributed by atoms with van der Waals surface area (Å²) < 4.78 is 0. The van der Waals surface area contributed by atoms with Crippen LogP contribution in [0.3, 0.4) is 0 Å². The van der Waals surface area contributed by atoms with Crippen LogP contribution in [-0.4, -0.2) is 34.4 Å². The van der Waals surface area contributed by atoms with Gasteiger partial charge in [-0.15, -0.1) is 0 Å². The van der Waals surface area contributed by atoms with Crippen molar-refractivity contribution >= 4 is 17.7 Å². The van der Waals surface area contributed by atoms with Crippen molar-refractivity contribution in [2.24, 2.45) is 0 Å². The topological polar surface area (TPSA) is 57.8 Å². The molecule has 0 spiro atoms. The molecule has 0 unspecified atom stereocenters. The number of hydrogen-bond donors (Lipinski definition) is 2. The van der Waals surface area contributed by atoms with Gasteiger partial charge in [0.1, 0.15) is 0 Å². The van der Waals surface area contributed by atoms with E-state index >= 15 is 0 Å². The molecule has 0 radical (unpaired) electrons. The molecule has 1 aromatic heterocycles. The van der Waals surface area contributed by atoms with E-state index in [0.29, 0.717) is 13.0 Å². The Bertz CT molecular complexity index is 261. The highest BCUT2D eigenvalue weighted by molar-refractivity contribution is 7.98. The lowest BCUT2D eigenvalue weighted by Crippen LogP contribution is -2.25. The number of H-pyrrole nitrogens is 1. The maximum Gasteiger partial charge on any atom is 0.220 e. The lowest BCUT2D eigenvalue weighted by atomic mass is 10.3. The number of amides is 1. The summed E-state index contributed by atoms with van der Waals surface area (Å²) in [6, 6.07) is 0. The van der Waals surface area contributed by atoms with Crippen molar-refractivity contribution < 1.29 is 4.79 Å². The first-order chi connectivity index (χ1) is 6.83. The molecule has 0 saturated carbocycles. The predicted octanol–water partition coefficient (Wildman–Crippen LogP) is 0.821. The summed E-state index contributed by atoms with van der Waals surface area (Å²) in [6.07, 6.45) is 6.83. The van der Waals surface area contributed by atoms with E-state index in [1.807, 2.05) is 6.26 Å². The molecule has 4 nitrogen and oxygen atoms in total. The maximum absolute atomic E-state index is 11.2. The minimum Gasteiger partial charge on any atom is -0.356 e. The van der Waals surface area contributed by atoms with Crippen molar-refractivity contribution in [3.05, 3.63) is 18.2 Å². The number of nitrogens with one attached hydrogen (secondary N) is 2. The summed E-state index contributed by atoms with van der Waals surface area (Å²) in [4.78, 5) is 18.1. The molecule has 0 fully saturated rings. The molecular weight excluding hydrogens is 198 g/mol. The average molecular weight is 213 g/mol. The van der Waals surface area contributed by atoms with Gasteiger partial charge in [0.25, 0.3) is 0 Å². The Balaban J connectivity index is 2.06. The van der Waals surface area contributed by atoms with Crippen molar-refractivity contribution in [2.45, 2.75) is 12.8 Å². The highest BCUT2D eigenvalue weighted by Crippen LogP contribution is 1.95. The summed E-state index contributed by atoms with van der Waals surface area (Å²) in [5, 5.41) is 2.86. The van der Waals surface area contributed by atoms with Gasteiger partial charge >= 0.3 is 0 Å². The number of rotatable bonds is 6. The van der Waals surface area contributed by atoms with Crippen LogP contribution in [0.1, 0.15) is 12.1 Å². The molecule has 0 bridgehead atoms. The van der Waals surface area contributed by atoms with Crippen LogP contribution in [0.15, 0.2) is 12.5 Å². The van der Waals surface area contributed by atoms with Crippen molar-refractivity contribution in [3.8, 4) is 0 Å². The second-order valence-electron chi connectivity index (χ2n) is 2.92. The number of imidazole rings is 1. The maximum atomic E-state index is 11.2. The predicted molar refractivity (Wildman–Crippen MR) is 58.3 cm³/mol. The smallest absolute Gasteiger partial charge is 0.220 e. The molecule has 0 aliphatic heterocycles. The lowest BCUT2D eigenvalue weighted by molar-refractivity contribution is -0.120. The minimum atomic E-state index is 0.124. The molecule has 0 aliphatic rings. The molecule has 0 saturated heterocycles. The van der Waals surface area contributed by atoms with Gasteiger partial charge in [-0.25, -0.2) is 4.98 Å². The standard InChI is InChI=1S/C9H15N3OS/c1-14-5-3-9(13)11-4-2-8-6-10-7-12-8/h6-7H,2-5H2,1H3,(H,10,12)(H,11,13). The van der Waals surface area contributed by atoms with Gasteiger partial charge in [0.2, 0.25) is 5.91 Å². The van der Waals surface area contributed by atoms with Crippen LogP contribution in [-0.2, 0) is 11.2 Å². The number of thioether (sulfide) groups is 1. The summed E-state index contributed by atoms with van der Waals surface area (Å²) in [5.74, 6) is 1.01. The van der Waals surface area contributed by atoms with Crippen LogP contribution in [0.2, 0.25) is 0 Å². The Labute approximate surface area is 87.9 Å². The zero-order chi connectivity index (χ0) is 10.2. The van der Waals surface area contributed by atoms with Crippen LogP contribution < -0.4 is 5.32 Å². The first-order valence-electron chi connectivity index (χ1n) is 4.56. The van der Waals surface area contributed by atoms with Crippen LogP contribution in [0.25, 0.3) is 0 Å². The molecule has 2 N–H and O–H groups in total. The highest BCUT2D eigenvalue weighted by Gasteiger charge is 1.99. The lowest BCUT2D eigenvalue weighted by Gasteiger charge is -2.02. The van der Waals surface area contributed by atoms with E-state index in [2.05, 4.69) is 15.3 Å². The van der Waals surface area contributed by atoms with E-state index in [4.69, 9.17) is 0 Å². The molecule has 78 valence electrons. The molecule has 0 aliphatic carbocycles. The van der Waals surface area contributed by atoms with E-state index in [1.165, 1.54) is 0 Å². The number of aromatic nitrogens is 2. The van der Waals surface area contributed by atoms with Gasteiger partial charge in [-0.05, 0) is 6.26 Å². The van der Waals surface area contributed by atoms with E-state index in [-0.39, 0.29) is 5.91 Å². The fourth-order valence-corrected chi connectivity index (χ4v) is 1.43. The molecule has 0 atom stereocenters. The van der Waals surface area contributed by atoms with Gasteiger partial charge in [0.05, 0.1) is 6.33 Å². The third-order valence-electron chi connectivity index (χ3n) is 1.80. The van der Waals surface area contributed by atoms with Gasteiger partial charge in [0, 0.05) is 37.0 Å². The van der Waals surface area contributed by atoms with E-state index in [0.717, 1.165) is 17.9 Å². The molecule has 14 heavy (non-hydrogen) atoms. The number of nitrogens with zero attached hydrogens (tertiary/aromatic N) is 1. The SMILES string of the molecule is CSCCC(=O)NCCc1cnc[nH]1. The molecule has 0 aromatic carbocycles. The van der Waals surface area contributed by atoms with E-state index in [1.54, 1.807) is 24.3 Å². The molecule has 5 heteroatoms. The Hall–Kier alpha value is -0.970. The Morgan fingerprint density at radius 2 is 2.57 bits per heavy atom. The van der Waals surface area contributed by atoms with Crippen LogP contribution in [0, 0.1) is 0 Å². The zero-order valence-electron chi connectivity index (χ0n) is 8.25. The van der Waals surface area contributed by atoms with Crippen molar-refractivity contribution in [1.29, 1.82) is 0 Å². The summed E-state index contributed by atoms with van der Waals surface area (Å²) in [7, 11) is 0. The number of carbonyl (C=O) groups is 1. The molecule has 1 rings (SSSR count). The Kier molecular flexibility index (Phi) is 5.14. The number of aromatic amines is 1. The van der Waals surface area contributed by atoms with Gasteiger partial charge in [-0.2, -0.15) is 11.8 Å². The monoisotopic (exact) mass is 213 g/mol. The van der Waals surface area contributed by atoms with Crippen LogP contribution in [0.4, 0.5) is 0 Å². The quantitative estimate of drug-likeness (QED) is 0.735. The number of carbonyl (C=O) groups excluding carboxylic acids is 1. The van der Waals surface area contributed by atoms with Gasteiger partial charge in [0.15, 0.2) is 0 Å². The average Bonchev–Trinajstić information content (AvgIpc) is 2.67. The fraction of sp³-hybridized carbons (Fsp3) is 0.556. The van der Waals surface area contributed by atoms with E-state index < -0.39 is 0 Å².